The summed E-state index contributed by atoms with van der Waals surface area (Å²) >= 11 is 0. The number of aryl methyl sites for hydroxylation is 2. The molecular formula is C29H48O. The van der Waals surface area contributed by atoms with Crippen LogP contribution in [0.4, 0.5) is 0 Å². The Kier molecular flexibility index (Phi) is 9.51. The molecule has 1 heteroatoms. The first kappa shape index (κ1) is 25.0. The first-order chi connectivity index (χ1) is 14.1. The van der Waals surface area contributed by atoms with E-state index < -0.39 is 0 Å². The van der Waals surface area contributed by atoms with Crippen LogP contribution < -0.4 is 4.74 Å². The third-order valence-electron chi connectivity index (χ3n) is 7.21. The van der Waals surface area contributed by atoms with E-state index in [0.717, 1.165) is 29.9 Å². The third-order valence-corrected chi connectivity index (χ3v) is 7.21. The minimum Gasteiger partial charge on any atom is -0.483 e. The molecule has 3 atom stereocenters. The molecule has 0 aromatic heterocycles. The summed E-state index contributed by atoms with van der Waals surface area (Å²) in [7, 11) is 0. The highest BCUT2D eigenvalue weighted by Crippen LogP contribution is 2.39. The van der Waals surface area contributed by atoms with Gasteiger partial charge in [-0.1, -0.05) is 84.8 Å². The van der Waals surface area contributed by atoms with Crippen LogP contribution in [0.1, 0.15) is 115 Å². The van der Waals surface area contributed by atoms with E-state index in [-0.39, 0.29) is 5.60 Å². The SMILES string of the molecule is Cc1cc(C)c2c(c1C)O[C@](C)(CCCC(C)CCCC(C)CCCC(C)C)C=C2. The second-order valence-electron chi connectivity index (χ2n) is 11.0. The molecule has 170 valence electrons. The van der Waals surface area contributed by atoms with E-state index in [1.807, 2.05) is 0 Å². The molecule has 0 saturated carbocycles. The van der Waals surface area contributed by atoms with Crippen molar-refractivity contribution in [2.24, 2.45) is 17.8 Å². The van der Waals surface area contributed by atoms with Crippen LogP contribution in [-0.2, 0) is 0 Å². The Bertz CT molecular complexity index is 699. The molecule has 1 aromatic rings. The number of rotatable bonds is 12. The molecule has 0 aliphatic carbocycles. The first-order valence-corrected chi connectivity index (χ1v) is 12.6. The van der Waals surface area contributed by atoms with Crippen LogP contribution in [0.5, 0.6) is 5.75 Å². The van der Waals surface area contributed by atoms with Gasteiger partial charge in [-0.25, -0.2) is 0 Å². The van der Waals surface area contributed by atoms with Gasteiger partial charge in [-0.2, -0.15) is 0 Å². The maximum Gasteiger partial charge on any atom is 0.131 e. The molecule has 1 aliphatic heterocycles. The summed E-state index contributed by atoms with van der Waals surface area (Å²) < 4.78 is 6.57. The van der Waals surface area contributed by atoms with Crippen molar-refractivity contribution in [3.63, 3.8) is 0 Å². The van der Waals surface area contributed by atoms with Crippen LogP contribution >= 0.6 is 0 Å². The van der Waals surface area contributed by atoms with Crippen LogP contribution in [-0.4, -0.2) is 5.60 Å². The van der Waals surface area contributed by atoms with E-state index in [9.17, 15) is 0 Å². The van der Waals surface area contributed by atoms with Gasteiger partial charge in [0, 0.05) is 5.56 Å². The molecule has 0 N–H and O–H groups in total. The molecule has 0 radical (unpaired) electrons. The van der Waals surface area contributed by atoms with Gasteiger partial charge in [-0.05, 0) is 81.1 Å². The van der Waals surface area contributed by atoms with E-state index in [0.29, 0.717) is 0 Å². The van der Waals surface area contributed by atoms with E-state index in [2.05, 4.69) is 73.6 Å². The van der Waals surface area contributed by atoms with Crippen LogP contribution in [0.15, 0.2) is 12.1 Å². The normalized spacial score (nSPS) is 20.2. The summed E-state index contributed by atoms with van der Waals surface area (Å²) in [5.41, 5.74) is 5.05. The number of fused-ring (bicyclic) bond motifs is 1. The van der Waals surface area contributed by atoms with E-state index in [4.69, 9.17) is 4.74 Å². The Balaban J connectivity index is 1.71. The number of hydrogen-bond donors (Lipinski definition) is 0. The van der Waals surface area contributed by atoms with Crippen molar-refractivity contribution in [3.8, 4) is 5.75 Å². The second kappa shape index (κ2) is 11.4. The molecule has 0 bridgehead atoms. The Hall–Kier alpha value is -1.24. The smallest absolute Gasteiger partial charge is 0.131 e. The molecule has 0 spiro atoms. The monoisotopic (exact) mass is 412 g/mol. The van der Waals surface area contributed by atoms with Crippen molar-refractivity contribution >= 4 is 6.08 Å². The lowest BCUT2D eigenvalue weighted by Gasteiger charge is -2.34. The lowest BCUT2D eigenvalue weighted by molar-refractivity contribution is 0.121. The molecule has 0 amide bonds. The highest BCUT2D eigenvalue weighted by atomic mass is 16.5. The molecule has 30 heavy (non-hydrogen) atoms. The largest absolute Gasteiger partial charge is 0.483 e. The molecule has 1 aromatic carbocycles. The van der Waals surface area contributed by atoms with Crippen molar-refractivity contribution in [1.82, 2.24) is 0 Å². The Morgan fingerprint density at radius 1 is 0.800 bits per heavy atom. The standard InChI is InChI=1S/C29H48O/c1-21(2)12-9-13-22(3)14-10-15-23(4)16-11-18-29(8)19-17-27-25(6)20-24(5)26(7)28(27)30-29/h17,19-23H,9-16,18H2,1-8H3/t22?,23?,29-/m1/s1. The van der Waals surface area contributed by atoms with E-state index in [1.165, 1.54) is 73.6 Å². The van der Waals surface area contributed by atoms with Crippen molar-refractivity contribution in [2.45, 2.75) is 119 Å². The van der Waals surface area contributed by atoms with Crippen LogP contribution in [0, 0.1) is 38.5 Å². The van der Waals surface area contributed by atoms with Gasteiger partial charge in [0.25, 0.3) is 0 Å². The van der Waals surface area contributed by atoms with Gasteiger partial charge in [-0.15, -0.1) is 0 Å². The van der Waals surface area contributed by atoms with Gasteiger partial charge < -0.3 is 4.74 Å². The molecule has 0 fully saturated rings. The molecule has 0 saturated heterocycles. The highest BCUT2D eigenvalue weighted by molar-refractivity contribution is 5.67. The maximum absolute atomic E-state index is 6.57. The summed E-state index contributed by atoms with van der Waals surface area (Å²) in [5.74, 6) is 3.68. The van der Waals surface area contributed by atoms with Gasteiger partial charge in [0.15, 0.2) is 0 Å². The summed E-state index contributed by atoms with van der Waals surface area (Å²) in [6.07, 6.45) is 16.6. The first-order valence-electron chi connectivity index (χ1n) is 12.6. The average Bonchev–Trinajstić information content (AvgIpc) is 2.65. The quantitative estimate of drug-likeness (QED) is 0.332. The Morgan fingerprint density at radius 2 is 1.37 bits per heavy atom. The topological polar surface area (TPSA) is 9.23 Å². The Labute approximate surface area is 187 Å². The fourth-order valence-electron chi connectivity index (χ4n) is 4.85. The van der Waals surface area contributed by atoms with Crippen molar-refractivity contribution < 1.29 is 4.74 Å². The van der Waals surface area contributed by atoms with Gasteiger partial charge in [-0.3, -0.25) is 0 Å². The van der Waals surface area contributed by atoms with Crippen molar-refractivity contribution in [1.29, 1.82) is 0 Å². The predicted octanol–water partition coefficient (Wildman–Crippen LogP) is 9.22. The summed E-state index contributed by atoms with van der Waals surface area (Å²) in [6, 6.07) is 2.28. The highest BCUT2D eigenvalue weighted by Gasteiger charge is 2.29. The van der Waals surface area contributed by atoms with Crippen LogP contribution in [0.25, 0.3) is 6.08 Å². The molecular weight excluding hydrogens is 364 g/mol. The van der Waals surface area contributed by atoms with Gasteiger partial charge in [0.05, 0.1) is 0 Å². The average molecular weight is 413 g/mol. The second-order valence-corrected chi connectivity index (χ2v) is 11.0. The van der Waals surface area contributed by atoms with Crippen LogP contribution in [0.3, 0.4) is 0 Å². The zero-order valence-corrected chi connectivity index (χ0v) is 21.2. The lowest BCUT2D eigenvalue weighted by atomic mass is 9.88. The zero-order valence-electron chi connectivity index (χ0n) is 21.2. The molecule has 2 unspecified atom stereocenters. The van der Waals surface area contributed by atoms with Gasteiger partial charge >= 0.3 is 0 Å². The van der Waals surface area contributed by atoms with E-state index >= 15 is 0 Å². The minimum absolute atomic E-state index is 0.164. The van der Waals surface area contributed by atoms with Crippen LogP contribution in [0.2, 0.25) is 0 Å². The molecule has 1 aliphatic rings. The summed E-state index contributed by atoms with van der Waals surface area (Å²) in [5, 5.41) is 0. The zero-order chi connectivity index (χ0) is 22.3. The van der Waals surface area contributed by atoms with Gasteiger partial charge in [0.2, 0.25) is 0 Å². The van der Waals surface area contributed by atoms with Gasteiger partial charge in [0.1, 0.15) is 11.4 Å². The van der Waals surface area contributed by atoms with E-state index in [1.54, 1.807) is 0 Å². The number of hydrogen-bond acceptors (Lipinski definition) is 1. The lowest BCUT2D eigenvalue weighted by Crippen LogP contribution is -2.32. The minimum atomic E-state index is -0.164. The number of ether oxygens (including phenoxy) is 1. The summed E-state index contributed by atoms with van der Waals surface area (Å²) in [6.45, 7) is 18.4. The maximum atomic E-state index is 6.57. The van der Waals surface area contributed by atoms with Crippen molar-refractivity contribution in [3.05, 3.63) is 34.4 Å². The predicted molar refractivity (Wildman–Crippen MR) is 133 cm³/mol. The van der Waals surface area contributed by atoms with Crippen molar-refractivity contribution in [2.75, 3.05) is 0 Å². The molecule has 2 rings (SSSR count). The molecule has 1 heterocycles. The Morgan fingerprint density at radius 3 is 1.97 bits per heavy atom. The third kappa shape index (κ3) is 7.47. The number of benzene rings is 1. The molecule has 1 nitrogen and oxygen atoms in total. The fraction of sp³-hybridized carbons (Fsp3) is 0.724. The summed E-state index contributed by atoms with van der Waals surface area (Å²) in [4.78, 5) is 0. The fourth-order valence-corrected chi connectivity index (χ4v) is 4.85.